The number of piperidine rings is 1. The molecule has 0 aliphatic carbocycles. The van der Waals surface area contributed by atoms with Crippen LogP contribution in [0.3, 0.4) is 0 Å². The summed E-state index contributed by atoms with van der Waals surface area (Å²) in [7, 11) is -2.78. The quantitative estimate of drug-likeness (QED) is 0.846. The number of rotatable bonds is 2. The van der Waals surface area contributed by atoms with Crippen LogP contribution in [-0.2, 0) is 0 Å². The van der Waals surface area contributed by atoms with Crippen molar-refractivity contribution < 1.29 is 9.11 Å². The average Bonchev–Trinajstić information content (AvgIpc) is 2.29. The summed E-state index contributed by atoms with van der Waals surface area (Å²) in [4.78, 5) is 0.636. The van der Waals surface area contributed by atoms with Gasteiger partial charge in [-0.3, -0.25) is 9.11 Å². The van der Waals surface area contributed by atoms with Gasteiger partial charge in [-0.2, -0.15) is 0 Å². The standard InChI is InChI=1S/C13H21NO2S/c1-11-5-7-13(8-6-11)17(15,16)14-9-3-4-12(2)10-14/h5-8,12,15-16H,3-4,9-10H2,1-2H3. The molecule has 2 rings (SSSR count). The zero-order chi connectivity index (χ0) is 12.5. The Morgan fingerprint density at radius 3 is 2.47 bits per heavy atom. The van der Waals surface area contributed by atoms with Crippen molar-refractivity contribution in [3.8, 4) is 0 Å². The molecule has 0 amide bonds. The first-order valence-corrected chi connectivity index (χ1v) is 7.60. The second kappa shape index (κ2) is 4.98. The first-order chi connectivity index (χ1) is 8.00. The van der Waals surface area contributed by atoms with Crippen molar-refractivity contribution in [3.05, 3.63) is 29.8 Å². The highest BCUT2D eigenvalue weighted by Gasteiger charge is 2.28. The van der Waals surface area contributed by atoms with E-state index in [2.05, 4.69) is 6.92 Å². The predicted octanol–water partition coefficient (Wildman–Crippen LogP) is 3.75. The van der Waals surface area contributed by atoms with Gasteiger partial charge in [-0.1, -0.05) is 24.6 Å². The van der Waals surface area contributed by atoms with E-state index in [1.165, 1.54) is 6.42 Å². The molecule has 0 saturated carbocycles. The molecule has 1 atom stereocenters. The van der Waals surface area contributed by atoms with Gasteiger partial charge in [0.25, 0.3) is 0 Å². The van der Waals surface area contributed by atoms with Crippen molar-refractivity contribution in [1.29, 1.82) is 0 Å². The van der Waals surface area contributed by atoms with Gasteiger partial charge in [-0.05, 0) is 37.8 Å². The van der Waals surface area contributed by atoms with Crippen LogP contribution in [0.4, 0.5) is 0 Å². The minimum Gasteiger partial charge on any atom is -0.281 e. The summed E-state index contributed by atoms with van der Waals surface area (Å²) in [5.74, 6) is 0.542. The second-order valence-electron chi connectivity index (χ2n) is 4.97. The minimum absolute atomic E-state index is 0.542. The molecule has 0 radical (unpaired) electrons. The molecule has 3 nitrogen and oxygen atoms in total. The van der Waals surface area contributed by atoms with Crippen LogP contribution >= 0.6 is 10.8 Å². The van der Waals surface area contributed by atoms with Crippen molar-refractivity contribution >= 4 is 10.8 Å². The highest BCUT2D eigenvalue weighted by Crippen LogP contribution is 2.52. The van der Waals surface area contributed by atoms with Gasteiger partial charge < -0.3 is 0 Å². The average molecular weight is 255 g/mol. The van der Waals surface area contributed by atoms with Crippen LogP contribution in [0.1, 0.15) is 25.3 Å². The SMILES string of the molecule is Cc1ccc(S(O)(O)N2CCCC(C)C2)cc1. The van der Waals surface area contributed by atoms with Gasteiger partial charge >= 0.3 is 0 Å². The number of hydrogen-bond acceptors (Lipinski definition) is 3. The van der Waals surface area contributed by atoms with Crippen LogP contribution in [0.25, 0.3) is 0 Å². The van der Waals surface area contributed by atoms with Crippen LogP contribution in [0.5, 0.6) is 0 Å². The van der Waals surface area contributed by atoms with Crippen molar-refractivity contribution in [2.24, 2.45) is 5.92 Å². The van der Waals surface area contributed by atoms with Crippen LogP contribution in [0.2, 0.25) is 0 Å². The predicted molar refractivity (Wildman–Crippen MR) is 72.3 cm³/mol. The summed E-state index contributed by atoms with van der Waals surface area (Å²) >= 11 is 0. The third-order valence-electron chi connectivity index (χ3n) is 3.32. The van der Waals surface area contributed by atoms with E-state index in [-0.39, 0.29) is 0 Å². The molecule has 1 aliphatic heterocycles. The fraction of sp³-hybridized carbons (Fsp3) is 0.538. The number of benzene rings is 1. The van der Waals surface area contributed by atoms with E-state index in [1.54, 1.807) is 0 Å². The third-order valence-corrected chi connectivity index (χ3v) is 5.27. The van der Waals surface area contributed by atoms with Crippen molar-refractivity contribution in [2.75, 3.05) is 13.1 Å². The second-order valence-corrected chi connectivity index (χ2v) is 6.99. The summed E-state index contributed by atoms with van der Waals surface area (Å²) in [5.41, 5.74) is 1.14. The van der Waals surface area contributed by atoms with E-state index in [0.717, 1.165) is 25.1 Å². The van der Waals surface area contributed by atoms with Gasteiger partial charge in [-0.15, -0.1) is 10.8 Å². The molecule has 1 saturated heterocycles. The molecule has 1 aromatic rings. The summed E-state index contributed by atoms with van der Waals surface area (Å²) in [6.45, 7) is 5.71. The molecule has 4 heteroatoms. The van der Waals surface area contributed by atoms with Crippen molar-refractivity contribution in [2.45, 2.75) is 31.6 Å². The normalized spacial score (nSPS) is 23.6. The van der Waals surface area contributed by atoms with Crippen LogP contribution in [0, 0.1) is 12.8 Å². The smallest absolute Gasteiger partial charge is 0.0752 e. The number of hydrogen-bond donors (Lipinski definition) is 2. The van der Waals surface area contributed by atoms with Gasteiger partial charge in [0, 0.05) is 13.1 Å². The Bertz CT molecular complexity index is 378. The molecule has 1 unspecified atom stereocenters. The van der Waals surface area contributed by atoms with Crippen LogP contribution in [-0.4, -0.2) is 26.5 Å². The minimum atomic E-state index is -2.78. The maximum atomic E-state index is 10.4. The Labute approximate surface area is 105 Å². The summed E-state index contributed by atoms with van der Waals surface area (Å²) < 4.78 is 22.6. The lowest BCUT2D eigenvalue weighted by Crippen LogP contribution is -2.36. The van der Waals surface area contributed by atoms with Gasteiger partial charge in [0.05, 0.1) is 4.90 Å². The van der Waals surface area contributed by atoms with Crippen LogP contribution in [0.15, 0.2) is 29.2 Å². The molecule has 1 aliphatic rings. The fourth-order valence-electron chi connectivity index (χ4n) is 2.25. The van der Waals surface area contributed by atoms with E-state index < -0.39 is 10.8 Å². The molecular formula is C13H21NO2S. The fourth-order valence-corrected chi connectivity index (χ4v) is 3.89. The molecule has 0 spiro atoms. The Morgan fingerprint density at radius 2 is 1.88 bits per heavy atom. The highest BCUT2D eigenvalue weighted by atomic mass is 32.3. The lowest BCUT2D eigenvalue weighted by Gasteiger charge is -2.46. The highest BCUT2D eigenvalue weighted by molar-refractivity contribution is 8.22. The van der Waals surface area contributed by atoms with Crippen molar-refractivity contribution in [3.63, 3.8) is 0 Å². The molecule has 2 N–H and O–H groups in total. The van der Waals surface area contributed by atoms with Gasteiger partial charge in [-0.25, -0.2) is 4.31 Å². The molecule has 0 aromatic heterocycles. The third kappa shape index (κ3) is 2.83. The summed E-state index contributed by atoms with van der Waals surface area (Å²) in [6, 6.07) is 7.50. The zero-order valence-electron chi connectivity index (χ0n) is 10.5. The Kier molecular flexibility index (Phi) is 3.78. The lowest BCUT2D eigenvalue weighted by molar-refractivity contribution is 0.255. The number of aryl methyl sites for hydroxylation is 1. The Balaban J connectivity index is 2.19. The molecule has 17 heavy (non-hydrogen) atoms. The maximum absolute atomic E-state index is 10.4. The lowest BCUT2D eigenvalue weighted by atomic mass is 10.0. The molecule has 0 bridgehead atoms. The zero-order valence-corrected chi connectivity index (χ0v) is 11.3. The summed E-state index contributed by atoms with van der Waals surface area (Å²) in [5, 5.41) is 0. The van der Waals surface area contributed by atoms with Crippen LogP contribution < -0.4 is 0 Å². The molecule has 1 aromatic carbocycles. The van der Waals surface area contributed by atoms with Gasteiger partial charge in [0.15, 0.2) is 0 Å². The van der Waals surface area contributed by atoms with Gasteiger partial charge in [0.2, 0.25) is 0 Å². The number of nitrogens with zero attached hydrogens (tertiary/aromatic N) is 1. The maximum Gasteiger partial charge on any atom is 0.0752 e. The van der Waals surface area contributed by atoms with E-state index >= 15 is 0 Å². The van der Waals surface area contributed by atoms with Crippen molar-refractivity contribution in [1.82, 2.24) is 4.31 Å². The first-order valence-electron chi connectivity index (χ1n) is 6.10. The topological polar surface area (TPSA) is 43.7 Å². The van der Waals surface area contributed by atoms with E-state index in [9.17, 15) is 9.11 Å². The summed E-state index contributed by atoms with van der Waals surface area (Å²) in [6.07, 6.45) is 2.23. The molecular weight excluding hydrogens is 234 g/mol. The molecule has 1 heterocycles. The Morgan fingerprint density at radius 1 is 1.24 bits per heavy atom. The molecule has 96 valence electrons. The van der Waals surface area contributed by atoms with Gasteiger partial charge in [0.1, 0.15) is 0 Å². The van der Waals surface area contributed by atoms with E-state index in [4.69, 9.17) is 0 Å². The Hall–Kier alpha value is -0.550. The van der Waals surface area contributed by atoms with E-state index in [1.807, 2.05) is 35.5 Å². The van der Waals surface area contributed by atoms with E-state index in [0.29, 0.717) is 10.8 Å². The molecule has 1 fully saturated rings. The monoisotopic (exact) mass is 255 g/mol. The first kappa shape index (κ1) is 12.9. The largest absolute Gasteiger partial charge is 0.281 e.